The van der Waals surface area contributed by atoms with E-state index in [1.807, 2.05) is 0 Å². The van der Waals surface area contributed by atoms with E-state index in [0.717, 1.165) is 0 Å². The van der Waals surface area contributed by atoms with E-state index >= 15 is 26.3 Å². The number of hydrogen-bond acceptors (Lipinski definition) is 0. The summed E-state index contributed by atoms with van der Waals surface area (Å²) in [7, 11) is -3.15. The first kappa shape index (κ1) is 33.5. The highest BCUT2D eigenvalue weighted by Gasteiger charge is 2.54. The van der Waals surface area contributed by atoms with Crippen molar-refractivity contribution in [2.75, 3.05) is 0 Å². The van der Waals surface area contributed by atoms with Gasteiger partial charge < -0.3 is 0 Å². The second-order valence-corrected chi connectivity index (χ2v) is 8.86. The van der Waals surface area contributed by atoms with Crippen LogP contribution in [0.15, 0.2) is 6.07 Å². The first-order valence-electron chi connectivity index (χ1n) is 11.1. The molecule has 0 nitrogen and oxygen atoms in total. The van der Waals surface area contributed by atoms with Gasteiger partial charge in [0.1, 0.15) is 0 Å². The zero-order valence-corrected chi connectivity index (χ0v) is 20.5. The highest BCUT2D eigenvalue weighted by atomic mass is 19.2. The highest BCUT2D eigenvalue weighted by Crippen LogP contribution is 2.48. The molecule has 0 bridgehead atoms. The first-order chi connectivity index (χ1) is 20.7. The molecule has 0 spiro atoms. The van der Waals surface area contributed by atoms with Gasteiger partial charge in [0.05, 0.1) is 0 Å². The summed E-state index contributed by atoms with van der Waals surface area (Å²) in [5.41, 5.74) is -12.3. The van der Waals surface area contributed by atoms with Gasteiger partial charge in [0, 0.05) is 28.1 Å². The zero-order valence-electron chi connectivity index (χ0n) is 20.5. The van der Waals surface area contributed by atoms with E-state index < -0.39 is 151 Å². The molecule has 0 amide bonds. The van der Waals surface area contributed by atoms with Crippen molar-refractivity contribution in [1.82, 2.24) is 0 Å². The van der Waals surface area contributed by atoms with Crippen LogP contribution in [-0.2, 0) is 5.31 Å². The van der Waals surface area contributed by atoms with Crippen LogP contribution in [0.1, 0.15) is 16.7 Å². The molecule has 0 aromatic heterocycles. The molecular formula is C25H2BF19. The van der Waals surface area contributed by atoms with Gasteiger partial charge >= 0.3 is 0 Å². The lowest BCUT2D eigenvalue weighted by molar-refractivity contribution is 0.346. The van der Waals surface area contributed by atoms with Gasteiger partial charge in [0.25, 0.3) is 0 Å². The van der Waals surface area contributed by atoms with Crippen LogP contribution in [0.5, 0.6) is 0 Å². The van der Waals surface area contributed by atoms with Crippen molar-refractivity contribution in [3.8, 4) is 0 Å². The SMILES string of the molecule is Fc1cc(F)c(F)c(C(Bc2c(F)c(F)c(F)c(F)c2F)(c2c(F)c(F)c(F)c(F)c2F)c2c(F)c(F)c(F)c(F)c2F)c1F. The molecule has 0 fully saturated rings. The van der Waals surface area contributed by atoms with Gasteiger partial charge in [-0.1, -0.05) is 0 Å². The lowest BCUT2D eigenvalue weighted by atomic mass is 9.40. The van der Waals surface area contributed by atoms with E-state index in [1.54, 1.807) is 0 Å². The Morgan fingerprint density at radius 1 is 0.289 bits per heavy atom. The molecule has 0 unspecified atom stereocenters. The zero-order chi connectivity index (χ0) is 34.2. The summed E-state index contributed by atoms with van der Waals surface area (Å²) in [6.45, 7) is 0. The van der Waals surface area contributed by atoms with Crippen molar-refractivity contribution >= 4 is 12.7 Å². The van der Waals surface area contributed by atoms with E-state index in [9.17, 15) is 57.1 Å². The van der Waals surface area contributed by atoms with E-state index in [4.69, 9.17) is 0 Å². The standard InChI is InChI=1S/C25H2BF19/c27-2-1-3(28)9(30)4(8(2)29)25(5-10(31)16(37)22(43)17(38)11(5)32,6-12(33)18(39)23(44)19(40)13(6)34)26-7-14(35)20(41)24(45)21(42)15(7)36/h1,26H. The molecule has 0 N–H and O–H groups in total. The summed E-state index contributed by atoms with van der Waals surface area (Å²) >= 11 is 0. The number of hydrogen-bond donors (Lipinski definition) is 0. The molecule has 45 heavy (non-hydrogen) atoms. The molecule has 4 aromatic carbocycles. The van der Waals surface area contributed by atoms with Gasteiger partial charge in [-0.05, 0) is 5.46 Å². The van der Waals surface area contributed by atoms with Crippen molar-refractivity contribution < 1.29 is 83.4 Å². The van der Waals surface area contributed by atoms with Crippen LogP contribution in [0.25, 0.3) is 0 Å². The van der Waals surface area contributed by atoms with Gasteiger partial charge in [-0.25, -0.2) is 83.4 Å². The Balaban J connectivity index is 2.52. The van der Waals surface area contributed by atoms with Crippen molar-refractivity contribution in [2.45, 2.75) is 5.31 Å². The Kier molecular flexibility index (Phi) is 8.34. The first-order valence-corrected chi connectivity index (χ1v) is 11.1. The fourth-order valence-corrected chi connectivity index (χ4v) is 4.62. The van der Waals surface area contributed by atoms with Crippen LogP contribution < -0.4 is 5.46 Å². The fourth-order valence-electron chi connectivity index (χ4n) is 4.62. The third-order valence-electron chi connectivity index (χ3n) is 6.55. The molecule has 0 aliphatic heterocycles. The summed E-state index contributed by atoms with van der Waals surface area (Å²) in [5, 5.41) is -5.34. The second kappa shape index (κ2) is 11.2. The van der Waals surface area contributed by atoms with Crippen LogP contribution in [0.2, 0.25) is 0 Å². The molecule has 4 rings (SSSR count). The van der Waals surface area contributed by atoms with E-state index in [1.165, 1.54) is 0 Å². The quantitative estimate of drug-likeness (QED) is 0.0682. The van der Waals surface area contributed by atoms with Gasteiger partial charge in [-0.2, -0.15) is 0 Å². The molecule has 0 saturated heterocycles. The topological polar surface area (TPSA) is 0 Å². The fraction of sp³-hybridized carbons (Fsp3) is 0.0400. The summed E-state index contributed by atoms with van der Waals surface area (Å²) < 4.78 is 278. The smallest absolute Gasteiger partial charge is 0.200 e. The lowest BCUT2D eigenvalue weighted by Crippen LogP contribution is -2.50. The maximum atomic E-state index is 15.3. The Hall–Kier alpha value is -4.39. The molecule has 238 valence electrons. The summed E-state index contributed by atoms with van der Waals surface area (Å²) in [5.74, 6) is -61.4. The normalized spacial score (nSPS) is 11.9. The highest BCUT2D eigenvalue weighted by molar-refractivity contribution is 6.59. The van der Waals surface area contributed by atoms with Gasteiger partial charge in [0.15, 0.2) is 106 Å². The third-order valence-corrected chi connectivity index (χ3v) is 6.55. The van der Waals surface area contributed by atoms with Crippen LogP contribution in [-0.4, -0.2) is 7.28 Å². The molecule has 20 heteroatoms. The maximum absolute atomic E-state index is 15.3. The van der Waals surface area contributed by atoms with Crippen molar-refractivity contribution in [1.29, 1.82) is 0 Å². The van der Waals surface area contributed by atoms with E-state index in [2.05, 4.69) is 0 Å². The van der Waals surface area contributed by atoms with Crippen LogP contribution in [0, 0.1) is 111 Å². The summed E-state index contributed by atoms with van der Waals surface area (Å²) in [6.07, 6.45) is 0. The molecule has 0 aliphatic rings. The van der Waals surface area contributed by atoms with E-state index in [-0.39, 0.29) is 0 Å². The minimum absolute atomic E-state index is 0.783. The maximum Gasteiger partial charge on any atom is 0.200 e. The minimum Gasteiger partial charge on any atom is -0.204 e. The number of halogens is 19. The van der Waals surface area contributed by atoms with Crippen molar-refractivity contribution in [3.05, 3.63) is 133 Å². The largest absolute Gasteiger partial charge is 0.204 e. The lowest BCUT2D eigenvalue weighted by Gasteiger charge is -2.37. The average Bonchev–Trinajstić information content (AvgIpc) is 3.00. The van der Waals surface area contributed by atoms with Gasteiger partial charge in [-0.3, -0.25) is 0 Å². The third kappa shape index (κ3) is 4.58. The Labute approximate surface area is 235 Å². The van der Waals surface area contributed by atoms with Crippen LogP contribution >= 0.6 is 0 Å². The monoisotopic (exact) mass is 674 g/mol. The number of rotatable bonds is 5. The van der Waals surface area contributed by atoms with Gasteiger partial charge in [0.2, 0.25) is 11.6 Å². The molecule has 0 heterocycles. The molecule has 0 aliphatic carbocycles. The summed E-state index contributed by atoms with van der Waals surface area (Å²) in [6, 6.07) is -0.783. The molecule has 0 atom stereocenters. The predicted molar refractivity (Wildman–Crippen MR) is 112 cm³/mol. The Morgan fingerprint density at radius 3 is 0.800 bits per heavy atom. The summed E-state index contributed by atoms with van der Waals surface area (Å²) in [4.78, 5) is 0. The molecule has 4 aromatic rings. The minimum atomic E-state index is -5.34. The Bertz CT molecular complexity index is 1750. The molecule has 0 radical (unpaired) electrons. The van der Waals surface area contributed by atoms with Crippen molar-refractivity contribution in [2.24, 2.45) is 0 Å². The molecule has 0 saturated carbocycles. The average molecular weight is 674 g/mol. The Morgan fingerprint density at radius 2 is 0.511 bits per heavy atom. The second-order valence-electron chi connectivity index (χ2n) is 8.86. The van der Waals surface area contributed by atoms with Crippen LogP contribution in [0.4, 0.5) is 83.4 Å². The predicted octanol–water partition coefficient (Wildman–Crippen LogP) is 7.38. The van der Waals surface area contributed by atoms with Gasteiger partial charge in [-0.15, -0.1) is 0 Å². The molecular weight excluding hydrogens is 672 g/mol. The van der Waals surface area contributed by atoms with E-state index in [0.29, 0.717) is 0 Å². The van der Waals surface area contributed by atoms with Crippen molar-refractivity contribution in [3.63, 3.8) is 0 Å². The number of benzene rings is 4. The van der Waals surface area contributed by atoms with Crippen LogP contribution in [0.3, 0.4) is 0 Å².